The number of hydrogen-bond acceptors (Lipinski definition) is 5. The third-order valence-electron chi connectivity index (χ3n) is 4.92. The summed E-state index contributed by atoms with van der Waals surface area (Å²) in [5.74, 6) is -0.362. The summed E-state index contributed by atoms with van der Waals surface area (Å²) in [6, 6.07) is 8.14. The first-order valence-corrected chi connectivity index (χ1v) is 9.94. The summed E-state index contributed by atoms with van der Waals surface area (Å²) in [5, 5.41) is 4.71. The molecule has 3 rings (SSSR count). The number of carbonyl (C=O) groups excluding carboxylic acids is 2. The molecule has 0 bridgehead atoms. The molecule has 8 heteroatoms. The number of amides is 1. The Kier molecular flexibility index (Phi) is 6.37. The van der Waals surface area contributed by atoms with Crippen LogP contribution < -0.4 is 5.43 Å². The first kappa shape index (κ1) is 21.0. The summed E-state index contributed by atoms with van der Waals surface area (Å²) in [4.78, 5) is 38.8. The molecule has 1 fully saturated rings. The number of aromatic nitrogens is 2. The quantitative estimate of drug-likeness (QED) is 0.714. The van der Waals surface area contributed by atoms with Crippen molar-refractivity contribution >= 4 is 23.5 Å². The van der Waals surface area contributed by atoms with Crippen LogP contribution in [-0.2, 0) is 9.53 Å². The van der Waals surface area contributed by atoms with Crippen LogP contribution >= 0.6 is 11.6 Å². The van der Waals surface area contributed by atoms with Crippen LogP contribution in [-0.4, -0.2) is 46.3 Å². The van der Waals surface area contributed by atoms with Gasteiger partial charge >= 0.3 is 5.97 Å². The minimum Gasteiger partial charge on any atom is -0.451 e. The third-order valence-corrected chi connectivity index (χ3v) is 5.17. The van der Waals surface area contributed by atoms with E-state index in [0.29, 0.717) is 41.3 Å². The van der Waals surface area contributed by atoms with Gasteiger partial charge in [-0.3, -0.25) is 9.59 Å². The molecular weight excluding hydrogens is 394 g/mol. The Morgan fingerprint density at radius 2 is 1.79 bits per heavy atom. The van der Waals surface area contributed by atoms with Gasteiger partial charge in [0.15, 0.2) is 6.61 Å². The standard InChI is InChI=1S/C21H24ClN3O4/c1-13-8-14(2)11-24(10-13)19(27)12-29-21(28)20-18(26)9-15(3)25(23-20)17-6-4-16(22)5-7-17/h4-7,9,13-14H,8,10-12H2,1-3H3/t13-,14+. The fraction of sp³-hybridized carbons (Fsp3) is 0.429. The van der Waals surface area contributed by atoms with E-state index in [1.54, 1.807) is 36.1 Å². The zero-order valence-corrected chi connectivity index (χ0v) is 17.5. The number of benzene rings is 1. The molecule has 29 heavy (non-hydrogen) atoms. The van der Waals surface area contributed by atoms with Gasteiger partial charge in [-0.2, -0.15) is 5.10 Å². The maximum atomic E-state index is 12.4. The van der Waals surface area contributed by atoms with E-state index in [9.17, 15) is 14.4 Å². The normalized spacial score (nSPS) is 19.1. The summed E-state index contributed by atoms with van der Waals surface area (Å²) in [6.07, 6.45) is 1.07. The Balaban J connectivity index is 1.73. The highest BCUT2D eigenvalue weighted by Gasteiger charge is 2.26. The van der Waals surface area contributed by atoms with Gasteiger partial charge in [-0.25, -0.2) is 9.48 Å². The van der Waals surface area contributed by atoms with Crippen molar-refractivity contribution in [3.8, 4) is 5.69 Å². The predicted octanol–water partition coefficient (Wildman–Crippen LogP) is 2.86. The molecule has 1 aromatic carbocycles. The molecule has 7 nitrogen and oxygen atoms in total. The van der Waals surface area contributed by atoms with Gasteiger partial charge in [0.2, 0.25) is 11.1 Å². The van der Waals surface area contributed by atoms with Gasteiger partial charge in [0.05, 0.1) is 5.69 Å². The van der Waals surface area contributed by atoms with Crippen LogP contribution in [0.1, 0.15) is 36.5 Å². The van der Waals surface area contributed by atoms with Crippen molar-refractivity contribution in [2.45, 2.75) is 27.2 Å². The highest BCUT2D eigenvalue weighted by Crippen LogP contribution is 2.21. The molecule has 1 aliphatic heterocycles. The van der Waals surface area contributed by atoms with Crippen molar-refractivity contribution in [2.24, 2.45) is 11.8 Å². The fourth-order valence-corrected chi connectivity index (χ4v) is 3.81. The first-order valence-electron chi connectivity index (χ1n) is 9.56. The van der Waals surface area contributed by atoms with E-state index in [-0.39, 0.29) is 11.6 Å². The second kappa shape index (κ2) is 8.78. The number of piperidine rings is 1. The lowest BCUT2D eigenvalue weighted by Crippen LogP contribution is -2.44. The van der Waals surface area contributed by atoms with Crippen LogP contribution in [0.25, 0.3) is 5.69 Å². The monoisotopic (exact) mass is 417 g/mol. The number of ether oxygens (including phenoxy) is 1. The number of hydrogen-bond donors (Lipinski definition) is 0. The molecule has 0 saturated carbocycles. The molecule has 2 heterocycles. The molecule has 2 atom stereocenters. The zero-order valence-electron chi connectivity index (χ0n) is 16.7. The van der Waals surface area contributed by atoms with E-state index in [4.69, 9.17) is 16.3 Å². The van der Waals surface area contributed by atoms with E-state index >= 15 is 0 Å². The van der Waals surface area contributed by atoms with Crippen LogP contribution in [0.2, 0.25) is 5.02 Å². The largest absolute Gasteiger partial charge is 0.451 e. The van der Waals surface area contributed by atoms with Gasteiger partial charge in [-0.05, 0) is 49.4 Å². The second-order valence-corrected chi connectivity index (χ2v) is 8.14. The molecule has 1 amide bonds. The first-order chi connectivity index (χ1) is 13.7. The highest BCUT2D eigenvalue weighted by atomic mass is 35.5. The molecule has 0 aliphatic carbocycles. The predicted molar refractivity (Wildman–Crippen MR) is 109 cm³/mol. The van der Waals surface area contributed by atoms with Gasteiger partial charge in [-0.15, -0.1) is 0 Å². The number of carbonyl (C=O) groups is 2. The number of nitrogens with zero attached hydrogens (tertiary/aromatic N) is 3. The molecule has 1 aromatic heterocycles. The number of likely N-dealkylation sites (tertiary alicyclic amines) is 1. The number of esters is 1. The van der Waals surface area contributed by atoms with Gasteiger partial charge < -0.3 is 9.64 Å². The maximum absolute atomic E-state index is 12.4. The van der Waals surface area contributed by atoms with Gasteiger partial charge in [-0.1, -0.05) is 25.4 Å². The van der Waals surface area contributed by atoms with Crippen molar-refractivity contribution in [3.63, 3.8) is 0 Å². The van der Waals surface area contributed by atoms with E-state index in [1.165, 1.54) is 10.7 Å². The Bertz CT molecular complexity index is 961. The summed E-state index contributed by atoms with van der Waals surface area (Å²) >= 11 is 5.91. The molecule has 1 saturated heterocycles. The van der Waals surface area contributed by atoms with Crippen molar-refractivity contribution in [1.82, 2.24) is 14.7 Å². The average molecular weight is 418 g/mol. The van der Waals surface area contributed by atoms with E-state index in [2.05, 4.69) is 18.9 Å². The molecule has 0 spiro atoms. The Labute approximate surface area is 174 Å². The number of rotatable bonds is 4. The number of halogens is 1. The highest BCUT2D eigenvalue weighted by molar-refractivity contribution is 6.30. The lowest BCUT2D eigenvalue weighted by Gasteiger charge is -2.34. The molecule has 0 N–H and O–H groups in total. The smallest absolute Gasteiger partial charge is 0.363 e. The molecule has 0 radical (unpaired) electrons. The topological polar surface area (TPSA) is 81.5 Å². The van der Waals surface area contributed by atoms with E-state index in [1.807, 2.05) is 0 Å². The van der Waals surface area contributed by atoms with Crippen molar-refractivity contribution in [1.29, 1.82) is 0 Å². The number of aryl methyl sites for hydroxylation is 1. The van der Waals surface area contributed by atoms with Crippen molar-refractivity contribution < 1.29 is 14.3 Å². The third kappa shape index (κ3) is 5.03. The summed E-state index contributed by atoms with van der Waals surface area (Å²) < 4.78 is 6.58. The molecule has 154 valence electrons. The van der Waals surface area contributed by atoms with Crippen molar-refractivity contribution in [2.75, 3.05) is 19.7 Å². The van der Waals surface area contributed by atoms with Crippen LogP contribution in [0.4, 0.5) is 0 Å². The SMILES string of the molecule is Cc1cc(=O)c(C(=O)OCC(=O)N2C[C@H](C)C[C@H](C)C2)nn1-c1ccc(Cl)cc1. The van der Waals surface area contributed by atoms with Crippen LogP contribution in [0.15, 0.2) is 35.1 Å². The maximum Gasteiger partial charge on any atom is 0.363 e. The average Bonchev–Trinajstić information content (AvgIpc) is 2.66. The van der Waals surface area contributed by atoms with Gasteiger partial charge in [0.25, 0.3) is 5.91 Å². The van der Waals surface area contributed by atoms with Gasteiger partial charge in [0.1, 0.15) is 0 Å². The van der Waals surface area contributed by atoms with Gasteiger partial charge in [0, 0.05) is 29.9 Å². The molecular formula is C21H24ClN3O4. The van der Waals surface area contributed by atoms with Crippen molar-refractivity contribution in [3.05, 3.63) is 57.0 Å². The van der Waals surface area contributed by atoms with Crippen LogP contribution in [0, 0.1) is 18.8 Å². The fourth-order valence-electron chi connectivity index (χ4n) is 3.69. The van der Waals surface area contributed by atoms with E-state index < -0.39 is 18.0 Å². The van der Waals surface area contributed by atoms with Crippen LogP contribution in [0.3, 0.4) is 0 Å². The molecule has 1 aliphatic rings. The lowest BCUT2D eigenvalue weighted by atomic mass is 9.92. The molecule has 0 unspecified atom stereocenters. The Hall–Kier alpha value is -2.67. The Morgan fingerprint density at radius 1 is 1.17 bits per heavy atom. The molecule has 2 aromatic rings. The van der Waals surface area contributed by atoms with E-state index in [0.717, 1.165) is 6.42 Å². The summed E-state index contributed by atoms with van der Waals surface area (Å²) in [6.45, 7) is 6.78. The zero-order chi connectivity index (χ0) is 21.1. The summed E-state index contributed by atoms with van der Waals surface area (Å²) in [7, 11) is 0. The lowest BCUT2D eigenvalue weighted by molar-refractivity contribution is -0.137. The minimum atomic E-state index is -0.913. The van der Waals surface area contributed by atoms with Crippen LogP contribution in [0.5, 0.6) is 0 Å². The summed E-state index contributed by atoms with van der Waals surface area (Å²) in [5.41, 5.74) is 0.290. The minimum absolute atomic E-state index is 0.262. The second-order valence-electron chi connectivity index (χ2n) is 7.71. The Morgan fingerprint density at radius 3 is 2.41 bits per heavy atom.